The Morgan fingerprint density at radius 3 is 2.70 bits per heavy atom. The summed E-state index contributed by atoms with van der Waals surface area (Å²) in [5.41, 5.74) is 2.96. The highest BCUT2D eigenvalue weighted by Gasteiger charge is 2.04. The number of hydrazone groups is 1. The highest BCUT2D eigenvalue weighted by molar-refractivity contribution is 5.84. The summed E-state index contributed by atoms with van der Waals surface area (Å²) in [6.45, 7) is 1.85. The van der Waals surface area contributed by atoms with Gasteiger partial charge in [-0.1, -0.05) is 31.2 Å². The molecule has 0 spiro atoms. The van der Waals surface area contributed by atoms with Gasteiger partial charge in [0.15, 0.2) is 0 Å². The first-order chi connectivity index (χ1) is 11.1. The number of hydrogen-bond donors (Lipinski definition) is 4. The Kier molecular flexibility index (Phi) is 5.40. The van der Waals surface area contributed by atoms with E-state index in [-0.39, 0.29) is 12.4 Å². The van der Waals surface area contributed by atoms with Gasteiger partial charge in [-0.05, 0) is 17.5 Å². The topological polar surface area (TPSA) is 132 Å². The largest absolute Gasteiger partial charge is 0.355 e. The molecule has 1 amide bonds. The molecule has 9 heteroatoms. The lowest BCUT2D eigenvalue weighted by Gasteiger charge is -2.02. The van der Waals surface area contributed by atoms with Crippen molar-refractivity contribution in [3.63, 3.8) is 0 Å². The molecule has 0 aliphatic heterocycles. The lowest BCUT2D eigenvalue weighted by molar-refractivity contribution is -0.119. The minimum Gasteiger partial charge on any atom is -0.355 e. The van der Waals surface area contributed by atoms with Gasteiger partial charge in [0.1, 0.15) is 0 Å². The van der Waals surface area contributed by atoms with Crippen LogP contribution in [0.4, 0.5) is 5.82 Å². The van der Waals surface area contributed by atoms with Gasteiger partial charge >= 0.3 is 5.69 Å². The number of aryl methyl sites for hydroxylation is 1. The van der Waals surface area contributed by atoms with Crippen molar-refractivity contribution in [1.29, 1.82) is 0 Å². The van der Waals surface area contributed by atoms with E-state index in [0.29, 0.717) is 0 Å². The van der Waals surface area contributed by atoms with Crippen molar-refractivity contribution in [3.8, 4) is 0 Å². The number of H-pyrrole nitrogens is 2. The van der Waals surface area contributed by atoms with Gasteiger partial charge in [0.2, 0.25) is 5.82 Å². The molecule has 23 heavy (non-hydrogen) atoms. The Bertz CT molecular complexity index is 806. The van der Waals surface area contributed by atoms with Crippen LogP contribution in [0.25, 0.3) is 0 Å². The SMILES string of the molecule is CCc1ccc(/C=N\NC(=O)CNc2n[nH]c(=O)[nH]c2=O)cc1. The molecule has 1 aromatic carbocycles. The molecule has 0 radical (unpaired) electrons. The summed E-state index contributed by atoms with van der Waals surface area (Å²) in [6.07, 6.45) is 2.47. The fourth-order valence-electron chi connectivity index (χ4n) is 1.69. The molecule has 120 valence electrons. The van der Waals surface area contributed by atoms with Gasteiger partial charge in [0, 0.05) is 0 Å². The Morgan fingerprint density at radius 2 is 2.04 bits per heavy atom. The van der Waals surface area contributed by atoms with E-state index in [0.717, 1.165) is 12.0 Å². The summed E-state index contributed by atoms with van der Waals surface area (Å²) in [7, 11) is 0. The van der Waals surface area contributed by atoms with Gasteiger partial charge < -0.3 is 5.32 Å². The molecule has 1 aromatic heterocycles. The first kappa shape index (κ1) is 16.1. The van der Waals surface area contributed by atoms with Crippen molar-refractivity contribution in [2.75, 3.05) is 11.9 Å². The van der Waals surface area contributed by atoms with Crippen molar-refractivity contribution < 1.29 is 4.79 Å². The third-order valence-electron chi connectivity index (χ3n) is 2.92. The molecule has 0 aliphatic rings. The number of carbonyl (C=O) groups excluding carboxylic acids is 1. The molecule has 2 rings (SSSR count). The summed E-state index contributed by atoms with van der Waals surface area (Å²) in [5.74, 6) is -0.613. The molecule has 0 atom stereocenters. The molecule has 0 aliphatic carbocycles. The minimum absolute atomic E-state index is 0.154. The number of aromatic amines is 2. The molecule has 4 N–H and O–H groups in total. The zero-order valence-corrected chi connectivity index (χ0v) is 12.4. The van der Waals surface area contributed by atoms with Crippen molar-refractivity contribution in [2.45, 2.75) is 13.3 Å². The van der Waals surface area contributed by atoms with Crippen LogP contribution < -0.4 is 22.0 Å². The summed E-state index contributed by atoms with van der Waals surface area (Å²) < 4.78 is 0. The smallest absolute Gasteiger partial charge is 0.342 e. The fraction of sp³-hybridized carbons (Fsp3) is 0.214. The van der Waals surface area contributed by atoms with Crippen LogP contribution >= 0.6 is 0 Å². The van der Waals surface area contributed by atoms with E-state index >= 15 is 0 Å². The number of hydrogen-bond acceptors (Lipinski definition) is 6. The number of aromatic nitrogens is 3. The quantitative estimate of drug-likeness (QED) is 0.424. The number of benzene rings is 1. The summed E-state index contributed by atoms with van der Waals surface area (Å²) in [5, 5.41) is 11.8. The maximum absolute atomic E-state index is 11.6. The maximum Gasteiger partial charge on any atom is 0.342 e. The molecule has 1 heterocycles. The second-order valence-corrected chi connectivity index (χ2v) is 4.60. The van der Waals surface area contributed by atoms with Crippen molar-refractivity contribution >= 4 is 17.9 Å². The first-order valence-corrected chi connectivity index (χ1v) is 6.92. The van der Waals surface area contributed by atoms with Crippen LogP contribution in [0.2, 0.25) is 0 Å². The van der Waals surface area contributed by atoms with Crippen molar-refractivity contribution in [2.24, 2.45) is 5.10 Å². The highest BCUT2D eigenvalue weighted by Crippen LogP contribution is 2.02. The highest BCUT2D eigenvalue weighted by atomic mass is 16.2. The average molecular weight is 316 g/mol. The van der Waals surface area contributed by atoms with E-state index in [1.165, 1.54) is 11.8 Å². The van der Waals surface area contributed by atoms with E-state index < -0.39 is 17.2 Å². The van der Waals surface area contributed by atoms with Gasteiger partial charge in [0.05, 0.1) is 12.8 Å². The van der Waals surface area contributed by atoms with E-state index in [2.05, 4.69) is 33.0 Å². The third-order valence-corrected chi connectivity index (χ3v) is 2.92. The lowest BCUT2D eigenvalue weighted by atomic mass is 10.1. The number of anilines is 1. The van der Waals surface area contributed by atoms with E-state index in [4.69, 9.17) is 0 Å². The predicted octanol–water partition coefficient (Wildman–Crippen LogP) is -0.417. The van der Waals surface area contributed by atoms with Crippen LogP contribution in [0.3, 0.4) is 0 Å². The molecule has 0 bridgehead atoms. The molecule has 9 nitrogen and oxygen atoms in total. The van der Waals surface area contributed by atoms with Crippen LogP contribution in [-0.2, 0) is 11.2 Å². The minimum atomic E-state index is -0.719. The van der Waals surface area contributed by atoms with Crippen LogP contribution in [0.15, 0.2) is 39.0 Å². The van der Waals surface area contributed by atoms with Crippen LogP contribution in [0.5, 0.6) is 0 Å². The lowest BCUT2D eigenvalue weighted by Crippen LogP contribution is -2.31. The Morgan fingerprint density at radius 1 is 1.30 bits per heavy atom. The molecular formula is C14H16N6O3. The van der Waals surface area contributed by atoms with Gasteiger partial charge in [-0.25, -0.2) is 15.3 Å². The molecular weight excluding hydrogens is 300 g/mol. The molecule has 0 unspecified atom stereocenters. The van der Waals surface area contributed by atoms with E-state index in [9.17, 15) is 14.4 Å². The fourth-order valence-corrected chi connectivity index (χ4v) is 1.69. The van der Waals surface area contributed by atoms with Gasteiger partial charge in [-0.2, -0.15) is 5.10 Å². The van der Waals surface area contributed by atoms with Crippen LogP contribution in [-0.4, -0.2) is 33.8 Å². The Hall–Kier alpha value is -3.23. The zero-order chi connectivity index (χ0) is 16.7. The summed E-state index contributed by atoms with van der Waals surface area (Å²) >= 11 is 0. The van der Waals surface area contributed by atoms with Crippen molar-refractivity contribution in [1.82, 2.24) is 20.6 Å². The van der Waals surface area contributed by atoms with Crippen molar-refractivity contribution in [3.05, 3.63) is 56.2 Å². The van der Waals surface area contributed by atoms with Gasteiger partial charge in [-0.3, -0.25) is 14.6 Å². The standard InChI is InChI=1S/C14H16N6O3/c1-2-9-3-5-10(6-4-9)7-16-18-11(21)8-15-12-13(22)17-14(23)20-19-12/h3-7H,2,8H2,1H3,(H,15,19)(H,18,21)(H2,17,20,22,23)/b16-7-. The summed E-state index contributed by atoms with van der Waals surface area (Å²) in [4.78, 5) is 35.7. The number of nitrogens with zero attached hydrogens (tertiary/aromatic N) is 2. The van der Waals surface area contributed by atoms with Gasteiger partial charge in [0.25, 0.3) is 11.5 Å². The second-order valence-electron chi connectivity index (χ2n) is 4.60. The number of amides is 1. The van der Waals surface area contributed by atoms with Gasteiger partial charge in [-0.15, -0.1) is 5.10 Å². The molecule has 0 saturated carbocycles. The third kappa shape index (κ3) is 4.92. The first-order valence-electron chi connectivity index (χ1n) is 6.92. The number of carbonyl (C=O) groups is 1. The van der Waals surface area contributed by atoms with Crippen LogP contribution in [0, 0.1) is 0 Å². The maximum atomic E-state index is 11.6. The monoisotopic (exact) mass is 316 g/mol. The Balaban J connectivity index is 1.83. The number of nitrogens with one attached hydrogen (secondary N) is 4. The van der Waals surface area contributed by atoms with Crippen LogP contribution in [0.1, 0.15) is 18.1 Å². The molecule has 0 saturated heterocycles. The summed E-state index contributed by atoms with van der Waals surface area (Å²) in [6, 6.07) is 7.77. The van der Waals surface area contributed by atoms with E-state index in [1.54, 1.807) is 0 Å². The number of rotatable bonds is 6. The molecule has 2 aromatic rings. The predicted molar refractivity (Wildman–Crippen MR) is 85.5 cm³/mol. The molecule has 0 fully saturated rings. The average Bonchev–Trinajstić information content (AvgIpc) is 2.54. The van der Waals surface area contributed by atoms with E-state index in [1.807, 2.05) is 29.2 Å². The second kappa shape index (κ2) is 7.69. The normalized spacial score (nSPS) is 10.7. The zero-order valence-electron chi connectivity index (χ0n) is 12.4. The Labute approximate surface area is 130 Å².